The van der Waals surface area contributed by atoms with Crippen molar-refractivity contribution < 1.29 is 19.5 Å². The van der Waals surface area contributed by atoms with E-state index in [1.54, 1.807) is 24.3 Å². The first kappa shape index (κ1) is 21.6. The summed E-state index contributed by atoms with van der Waals surface area (Å²) in [5.41, 5.74) is 1.11. The molecule has 0 saturated heterocycles. The van der Waals surface area contributed by atoms with Crippen molar-refractivity contribution in [3.05, 3.63) is 58.6 Å². The second-order valence-electron chi connectivity index (χ2n) is 7.80. The SMILES string of the molecule is CC(=O)C(Cc1ccc(C(=O)C(C)(C)C)cc1)C(=O)Nc1cc(O)ccc1Cl. The highest BCUT2D eigenvalue weighted by molar-refractivity contribution is 6.33. The maximum atomic E-state index is 12.6. The van der Waals surface area contributed by atoms with Crippen LogP contribution < -0.4 is 5.32 Å². The van der Waals surface area contributed by atoms with E-state index in [0.29, 0.717) is 5.56 Å². The zero-order valence-electron chi connectivity index (χ0n) is 16.4. The molecule has 2 N–H and O–H groups in total. The fraction of sp³-hybridized carbons (Fsp3) is 0.318. The number of Topliss-reactive ketones (excluding diaryl/α,β-unsaturated/α-hetero) is 2. The number of rotatable bonds is 6. The summed E-state index contributed by atoms with van der Waals surface area (Å²) in [6, 6.07) is 11.1. The Bertz CT molecular complexity index is 898. The van der Waals surface area contributed by atoms with Gasteiger partial charge in [0.15, 0.2) is 5.78 Å². The Kier molecular flexibility index (Phi) is 6.62. The Morgan fingerprint density at radius 2 is 1.68 bits per heavy atom. The van der Waals surface area contributed by atoms with E-state index in [1.165, 1.54) is 25.1 Å². The molecule has 0 fully saturated rings. The zero-order chi connectivity index (χ0) is 21.1. The Labute approximate surface area is 169 Å². The van der Waals surface area contributed by atoms with Gasteiger partial charge in [0.05, 0.1) is 10.7 Å². The molecule has 1 unspecified atom stereocenters. The van der Waals surface area contributed by atoms with Crippen molar-refractivity contribution >= 4 is 34.8 Å². The number of aromatic hydroxyl groups is 1. The molecule has 148 valence electrons. The third-order valence-corrected chi connectivity index (χ3v) is 4.68. The standard InChI is InChI=1S/C22H24ClNO4/c1-13(25)17(21(28)24-19-12-16(26)9-10-18(19)23)11-14-5-7-15(8-6-14)20(27)22(2,3)4/h5-10,12,17,26H,11H2,1-4H3,(H,24,28). The fourth-order valence-electron chi connectivity index (χ4n) is 2.71. The summed E-state index contributed by atoms with van der Waals surface area (Å²) in [7, 11) is 0. The van der Waals surface area contributed by atoms with Crippen molar-refractivity contribution in [2.45, 2.75) is 34.1 Å². The lowest BCUT2D eigenvalue weighted by molar-refractivity contribution is -0.129. The van der Waals surface area contributed by atoms with Gasteiger partial charge in [-0.05, 0) is 31.0 Å². The van der Waals surface area contributed by atoms with E-state index in [-0.39, 0.29) is 34.4 Å². The van der Waals surface area contributed by atoms with E-state index in [2.05, 4.69) is 5.32 Å². The third kappa shape index (κ3) is 5.42. The van der Waals surface area contributed by atoms with Crippen molar-refractivity contribution in [3.8, 4) is 5.75 Å². The van der Waals surface area contributed by atoms with Gasteiger partial charge in [-0.2, -0.15) is 0 Å². The van der Waals surface area contributed by atoms with Gasteiger partial charge in [-0.15, -0.1) is 0 Å². The molecule has 5 nitrogen and oxygen atoms in total. The Morgan fingerprint density at radius 1 is 1.07 bits per heavy atom. The van der Waals surface area contributed by atoms with Gasteiger partial charge in [0.25, 0.3) is 0 Å². The molecular formula is C22H24ClNO4. The Balaban J connectivity index is 2.16. The highest BCUT2D eigenvalue weighted by Gasteiger charge is 2.26. The number of benzene rings is 2. The summed E-state index contributed by atoms with van der Waals surface area (Å²) in [5.74, 6) is -1.72. The predicted octanol–water partition coefficient (Wildman–Crippen LogP) is 4.66. The second-order valence-corrected chi connectivity index (χ2v) is 8.20. The maximum absolute atomic E-state index is 12.6. The van der Waals surface area contributed by atoms with Gasteiger partial charge in [-0.25, -0.2) is 0 Å². The molecule has 0 bridgehead atoms. The number of halogens is 1. The monoisotopic (exact) mass is 401 g/mol. The van der Waals surface area contributed by atoms with E-state index >= 15 is 0 Å². The van der Waals surface area contributed by atoms with Crippen molar-refractivity contribution in [1.82, 2.24) is 0 Å². The van der Waals surface area contributed by atoms with Crippen molar-refractivity contribution in [3.63, 3.8) is 0 Å². The molecule has 0 aliphatic rings. The summed E-state index contributed by atoms with van der Waals surface area (Å²) in [5, 5.41) is 12.4. The van der Waals surface area contributed by atoms with Crippen molar-refractivity contribution in [2.24, 2.45) is 11.3 Å². The third-order valence-electron chi connectivity index (χ3n) is 4.35. The molecule has 0 radical (unpaired) electrons. The van der Waals surface area contributed by atoms with E-state index in [0.717, 1.165) is 5.56 Å². The minimum Gasteiger partial charge on any atom is -0.508 e. The lowest BCUT2D eigenvalue weighted by Crippen LogP contribution is -2.30. The van der Waals surface area contributed by atoms with Crippen LogP contribution in [0.5, 0.6) is 5.75 Å². The smallest absolute Gasteiger partial charge is 0.235 e. The Hall–Kier alpha value is -2.66. The number of phenolic OH excluding ortho intramolecular Hbond substituents is 1. The van der Waals surface area contributed by atoms with E-state index < -0.39 is 17.2 Å². The normalized spacial score (nSPS) is 12.3. The van der Waals surface area contributed by atoms with Crippen molar-refractivity contribution in [1.29, 1.82) is 0 Å². The van der Waals surface area contributed by atoms with Gasteiger partial charge in [0.2, 0.25) is 5.91 Å². The summed E-state index contributed by atoms with van der Waals surface area (Å²) < 4.78 is 0. The summed E-state index contributed by atoms with van der Waals surface area (Å²) in [6.07, 6.45) is 0.196. The molecule has 2 rings (SSSR count). The van der Waals surface area contributed by atoms with Gasteiger partial charge >= 0.3 is 0 Å². The highest BCUT2D eigenvalue weighted by Crippen LogP contribution is 2.27. The topological polar surface area (TPSA) is 83.5 Å². The average molecular weight is 402 g/mol. The number of nitrogens with one attached hydrogen (secondary N) is 1. The van der Waals surface area contributed by atoms with Crippen LogP contribution in [-0.2, 0) is 16.0 Å². The van der Waals surface area contributed by atoms with E-state index in [4.69, 9.17) is 11.6 Å². The predicted molar refractivity (Wildman–Crippen MR) is 110 cm³/mol. The van der Waals surface area contributed by atoms with Crippen LogP contribution in [0.3, 0.4) is 0 Å². The average Bonchev–Trinajstić information content (AvgIpc) is 2.61. The Morgan fingerprint density at radius 3 is 2.21 bits per heavy atom. The molecule has 1 atom stereocenters. The molecule has 0 aromatic heterocycles. The number of hydrogen-bond acceptors (Lipinski definition) is 4. The minimum absolute atomic E-state index is 0.0263. The first-order chi connectivity index (χ1) is 13.0. The largest absolute Gasteiger partial charge is 0.508 e. The first-order valence-corrected chi connectivity index (χ1v) is 9.30. The van der Waals surface area contributed by atoms with Gasteiger partial charge in [0.1, 0.15) is 17.5 Å². The molecule has 6 heteroatoms. The van der Waals surface area contributed by atoms with Crippen LogP contribution in [0.15, 0.2) is 42.5 Å². The molecular weight excluding hydrogens is 378 g/mol. The van der Waals surface area contributed by atoms with Crippen molar-refractivity contribution in [2.75, 3.05) is 5.32 Å². The van der Waals surface area contributed by atoms with Crippen LogP contribution >= 0.6 is 11.6 Å². The molecule has 0 saturated carbocycles. The minimum atomic E-state index is -0.914. The van der Waals surface area contributed by atoms with Crippen LogP contribution in [-0.4, -0.2) is 22.6 Å². The lowest BCUT2D eigenvalue weighted by Gasteiger charge is -2.17. The number of carbonyl (C=O) groups excluding carboxylic acids is 3. The molecule has 1 amide bonds. The number of anilines is 1. The first-order valence-electron chi connectivity index (χ1n) is 8.92. The summed E-state index contributed by atoms with van der Waals surface area (Å²) in [4.78, 5) is 37.0. The van der Waals surface area contributed by atoms with E-state index in [1.807, 2.05) is 20.8 Å². The van der Waals surface area contributed by atoms with Gasteiger partial charge < -0.3 is 10.4 Å². The molecule has 2 aromatic rings. The van der Waals surface area contributed by atoms with Gasteiger partial charge in [0, 0.05) is 17.0 Å². The van der Waals surface area contributed by atoms with Crippen LogP contribution in [0.25, 0.3) is 0 Å². The highest BCUT2D eigenvalue weighted by atomic mass is 35.5. The van der Waals surface area contributed by atoms with Gasteiger partial charge in [-0.1, -0.05) is 56.6 Å². The molecule has 0 heterocycles. The summed E-state index contributed by atoms with van der Waals surface area (Å²) in [6.45, 7) is 6.91. The van der Waals surface area contributed by atoms with Crippen LogP contribution in [0.2, 0.25) is 5.02 Å². The van der Waals surface area contributed by atoms with Crippen LogP contribution in [0, 0.1) is 11.3 Å². The fourth-order valence-corrected chi connectivity index (χ4v) is 2.88. The molecule has 2 aromatic carbocycles. The number of amides is 1. The molecule has 0 aliphatic heterocycles. The lowest BCUT2D eigenvalue weighted by atomic mass is 9.86. The molecule has 28 heavy (non-hydrogen) atoms. The molecule has 0 aliphatic carbocycles. The van der Waals surface area contributed by atoms with E-state index in [9.17, 15) is 19.5 Å². The second kappa shape index (κ2) is 8.57. The quantitative estimate of drug-likeness (QED) is 0.544. The van der Waals surface area contributed by atoms with Crippen LogP contribution in [0.4, 0.5) is 5.69 Å². The number of ketones is 2. The number of hydrogen-bond donors (Lipinski definition) is 2. The number of carbonyl (C=O) groups is 3. The van der Waals surface area contributed by atoms with Crippen LogP contribution in [0.1, 0.15) is 43.6 Å². The summed E-state index contributed by atoms with van der Waals surface area (Å²) >= 11 is 6.03. The zero-order valence-corrected chi connectivity index (χ0v) is 17.1. The number of phenols is 1. The maximum Gasteiger partial charge on any atom is 0.235 e. The molecule has 0 spiro atoms. The van der Waals surface area contributed by atoms with Gasteiger partial charge in [-0.3, -0.25) is 14.4 Å².